The fourth-order valence-electron chi connectivity index (χ4n) is 3.37. The number of hydrogen-bond acceptors (Lipinski definition) is 8. The molecule has 0 radical (unpaired) electrons. The van der Waals surface area contributed by atoms with Crippen molar-refractivity contribution in [3.63, 3.8) is 0 Å². The summed E-state index contributed by atoms with van der Waals surface area (Å²) in [5, 5.41) is 0. The van der Waals surface area contributed by atoms with Crippen molar-refractivity contribution < 1.29 is 37.0 Å². The number of para-hydroxylation sites is 1. The molecule has 0 aromatic heterocycles. The summed E-state index contributed by atoms with van der Waals surface area (Å²) in [4.78, 5) is 25.7. The van der Waals surface area contributed by atoms with E-state index >= 15 is 0 Å². The molecule has 0 saturated carbocycles. The van der Waals surface area contributed by atoms with Crippen LogP contribution in [-0.2, 0) is 21.4 Å². The van der Waals surface area contributed by atoms with Gasteiger partial charge in [0.2, 0.25) is 15.9 Å². The molecule has 0 unspecified atom stereocenters. The number of aryl methyl sites for hydroxylation is 1. The predicted molar refractivity (Wildman–Crippen MR) is 123 cm³/mol. The fraction of sp³-hybridized carbons (Fsp3) is 0.391. The van der Waals surface area contributed by atoms with Crippen molar-refractivity contribution >= 4 is 21.7 Å². The third kappa shape index (κ3) is 6.16. The van der Waals surface area contributed by atoms with E-state index in [-0.39, 0.29) is 30.7 Å². The van der Waals surface area contributed by atoms with Gasteiger partial charge in [-0.15, -0.1) is 0 Å². The molecule has 0 saturated heterocycles. The van der Waals surface area contributed by atoms with Gasteiger partial charge in [0.1, 0.15) is 11.5 Å². The lowest BCUT2D eigenvalue weighted by molar-refractivity contribution is -0.126. The summed E-state index contributed by atoms with van der Waals surface area (Å²) in [6.45, 7) is 1.56. The monoisotopic (exact) mass is 479 g/mol. The minimum atomic E-state index is -3.92. The number of methoxy groups -OCH3 is 4. The van der Waals surface area contributed by atoms with Crippen LogP contribution in [0.4, 0.5) is 0 Å². The average Bonchev–Trinajstić information content (AvgIpc) is 2.79. The minimum absolute atomic E-state index is 0.206. The number of carbonyl (C=O) groups is 2. The van der Waals surface area contributed by atoms with Crippen LogP contribution in [-0.4, -0.2) is 59.1 Å². The van der Waals surface area contributed by atoms with Crippen LogP contribution >= 0.6 is 0 Å². The third-order valence-corrected chi connectivity index (χ3v) is 6.19. The highest BCUT2D eigenvalue weighted by atomic mass is 32.2. The molecule has 9 nitrogen and oxygen atoms in total. The Morgan fingerprint density at radius 3 is 2.06 bits per heavy atom. The Morgan fingerprint density at radius 1 is 0.879 bits per heavy atom. The Kier molecular flexibility index (Phi) is 8.69. The van der Waals surface area contributed by atoms with Gasteiger partial charge in [-0.1, -0.05) is 12.1 Å². The van der Waals surface area contributed by atoms with Gasteiger partial charge < -0.3 is 18.9 Å². The second-order valence-corrected chi connectivity index (χ2v) is 9.17. The van der Waals surface area contributed by atoms with Gasteiger partial charge in [0.05, 0.1) is 46.8 Å². The Bertz CT molecular complexity index is 1130. The number of ketones is 1. The van der Waals surface area contributed by atoms with E-state index in [0.717, 1.165) is 16.1 Å². The summed E-state index contributed by atoms with van der Waals surface area (Å²) in [5.41, 5.74) is 1.50. The molecule has 0 aliphatic rings. The van der Waals surface area contributed by atoms with Crippen molar-refractivity contribution in [2.24, 2.45) is 0 Å². The second-order valence-electron chi connectivity index (χ2n) is 7.26. The molecule has 0 fully saturated rings. The SMILES string of the molecule is COc1cc(C(=O)CCC(=O)N(Cc2cccc(OC)c2OC)S(C)(=O)=O)c(OC)cc1C. The molecule has 0 aliphatic heterocycles. The summed E-state index contributed by atoms with van der Waals surface area (Å²) in [6, 6.07) is 8.20. The average molecular weight is 480 g/mol. The summed E-state index contributed by atoms with van der Waals surface area (Å²) in [5.74, 6) is 0.514. The van der Waals surface area contributed by atoms with Crippen molar-refractivity contribution in [2.45, 2.75) is 26.3 Å². The molecule has 2 aromatic carbocycles. The number of sulfonamides is 1. The molecule has 10 heteroatoms. The molecule has 2 aromatic rings. The largest absolute Gasteiger partial charge is 0.496 e. The maximum absolute atomic E-state index is 12.9. The van der Waals surface area contributed by atoms with Gasteiger partial charge in [0, 0.05) is 18.4 Å². The number of carbonyl (C=O) groups excluding carboxylic acids is 2. The van der Waals surface area contributed by atoms with Crippen LogP contribution < -0.4 is 18.9 Å². The van der Waals surface area contributed by atoms with E-state index in [1.54, 1.807) is 30.3 Å². The van der Waals surface area contributed by atoms with Crippen molar-refractivity contribution in [3.05, 3.63) is 47.0 Å². The Labute approximate surface area is 194 Å². The third-order valence-electron chi connectivity index (χ3n) is 5.06. The molecule has 0 heterocycles. The van der Waals surface area contributed by atoms with Gasteiger partial charge in [0.25, 0.3) is 0 Å². The first-order valence-electron chi connectivity index (χ1n) is 10.0. The molecule has 180 valence electrons. The van der Waals surface area contributed by atoms with Gasteiger partial charge in [-0.05, 0) is 30.7 Å². The van der Waals surface area contributed by atoms with Crippen LogP contribution in [0.3, 0.4) is 0 Å². The lowest BCUT2D eigenvalue weighted by Gasteiger charge is -2.22. The maximum Gasteiger partial charge on any atom is 0.236 e. The predicted octanol–water partition coefficient (Wildman–Crippen LogP) is 2.98. The van der Waals surface area contributed by atoms with Crippen molar-refractivity contribution in [3.8, 4) is 23.0 Å². The molecule has 0 aliphatic carbocycles. The number of nitrogens with zero attached hydrogens (tertiary/aromatic N) is 1. The van der Waals surface area contributed by atoms with Crippen LogP contribution in [0.15, 0.2) is 30.3 Å². The van der Waals surface area contributed by atoms with Gasteiger partial charge in [0.15, 0.2) is 17.3 Å². The Balaban J connectivity index is 2.25. The molecule has 0 bridgehead atoms. The zero-order chi connectivity index (χ0) is 24.8. The maximum atomic E-state index is 12.9. The van der Waals surface area contributed by atoms with Gasteiger partial charge in [-0.2, -0.15) is 0 Å². The standard InChI is InChI=1S/C23H29NO8S/c1-15-12-21(31-4)17(13-20(15)30-3)18(25)10-11-22(26)24(33(6,27)28)14-16-8-7-9-19(29-2)23(16)32-5/h7-9,12-13H,10-11,14H2,1-6H3. The second kappa shape index (κ2) is 11.0. The summed E-state index contributed by atoms with van der Waals surface area (Å²) in [7, 11) is 1.90. The smallest absolute Gasteiger partial charge is 0.236 e. The molecule has 2 rings (SSSR count). The molecule has 33 heavy (non-hydrogen) atoms. The van der Waals surface area contributed by atoms with E-state index in [1.165, 1.54) is 28.4 Å². The fourth-order valence-corrected chi connectivity index (χ4v) is 4.21. The van der Waals surface area contributed by atoms with Crippen molar-refractivity contribution in [1.29, 1.82) is 0 Å². The first-order chi connectivity index (χ1) is 15.6. The topological polar surface area (TPSA) is 108 Å². The Morgan fingerprint density at radius 2 is 1.52 bits per heavy atom. The minimum Gasteiger partial charge on any atom is -0.496 e. The van der Waals surface area contributed by atoms with E-state index in [9.17, 15) is 18.0 Å². The van der Waals surface area contributed by atoms with Crippen LogP contribution in [0.5, 0.6) is 23.0 Å². The van der Waals surface area contributed by atoms with E-state index in [2.05, 4.69) is 0 Å². The van der Waals surface area contributed by atoms with E-state index < -0.39 is 15.9 Å². The summed E-state index contributed by atoms with van der Waals surface area (Å²) < 4.78 is 46.6. The summed E-state index contributed by atoms with van der Waals surface area (Å²) in [6.07, 6.45) is 0.424. The lowest BCUT2D eigenvalue weighted by Crippen LogP contribution is -2.35. The highest BCUT2D eigenvalue weighted by Gasteiger charge is 2.27. The molecule has 1 amide bonds. The van der Waals surface area contributed by atoms with Crippen LogP contribution in [0.25, 0.3) is 0 Å². The number of Topliss-reactive ketones (excluding diaryl/α,β-unsaturated/α-hetero) is 1. The van der Waals surface area contributed by atoms with Crippen molar-refractivity contribution in [2.75, 3.05) is 34.7 Å². The van der Waals surface area contributed by atoms with Crippen LogP contribution in [0.1, 0.15) is 34.3 Å². The quantitative estimate of drug-likeness (QED) is 0.453. The zero-order valence-electron chi connectivity index (χ0n) is 19.6. The molecule has 0 N–H and O–H groups in total. The zero-order valence-corrected chi connectivity index (χ0v) is 20.4. The van der Waals surface area contributed by atoms with Crippen molar-refractivity contribution in [1.82, 2.24) is 4.31 Å². The Hall–Kier alpha value is -3.27. The lowest BCUT2D eigenvalue weighted by atomic mass is 10.0. The molecule has 0 spiro atoms. The van der Waals surface area contributed by atoms with E-state index in [4.69, 9.17) is 18.9 Å². The first kappa shape index (κ1) is 26.0. The first-order valence-corrected chi connectivity index (χ1v) is 11.9. The van der Waals surface area contributed by atoms with Crippen LogP contribution in [0, 0.1) is 6.92 Å². The molecular formula is C23H29NO8S. The number of rotatable bonds is 11. The van der Waals surface area contributed by atoms with Crippen LogP contribution in [0.2, 0.25) is 0 Å². The highest BCUT2D eigenvalue weighted by Crippen LogP contribution is 2.32. The van der Waals surface area contributed by atoms with E-state index in [0.29, 0.717) is 28.6 Å². The highest BCUT2D eigenvalue weighted by molar-refractivity contribution is 7.88. The number of ether oxygens (including phenoxy) is 4. The molecular weight excluding hydrogens is 450 g/mol. The molecule has 0 atom stereocenters. The normalized spacial score (nSPS) is 11.0. The van der Waals surface area contributed by atoms with Gasteiger partial charge in [-0.25, -0.2) is 12.7 Å². The number of amides is 1. The number of hydrogen-bond donors (Lipinski definition) is 0. The van der Waals surface area contributed by atoms with Gasteiger partial charge in [-0.3, -0.25) is 9.59 Å². The summed E-state index contributed by atoms with van der Waals surface area (Å²) >= 11 is 0. The van der Waals surface area contributed by atoms with E-state index in [1.807, 2.05) is 6.92 Å². The van der Waals surface area contributed by atoms with Gasteiger partial charge >= 0.3 is 0 Å². The number of benzene rings is 2.